The summed E-state index contributed by atoms with van der Waals surface area (Å²) in [4.78, 5) is 3.61. The largest absolute Gasteiger partial charge is 0.496 e. The lowest BCUT2D eigenvalue weighted by Gasteiger charge is -2.32. The fourth-order valence-corrected chi connectivity index (χ4v) is 1.87. The van der Waals surface area contributed by atoms with Crippen molar-refractivity contribution in [1.82, 2.24) is 4.98 Å². The van der Waals surface area contributed by atoms with Crippen LogP contribution in [-0.4, -0.2) is 35.6 Å². The van der Waals surface area contributed by atoms with Crippen LogP contribution in [0.25, 0.3) is 0 Å². The van der Waals surface area contributed by atoms with Crippen LogP contribution >= 0.6 is 0 Å². The van der Waals surface area contributed by atoms with Crippen molar-refractivity contribution in [2.75, 3.05) is 0 Å². The Morgan fingerprint density at radius 2 is 1.70 bits per heavy atom. The van der Waals surface area contributed by atoms with E-state index in [1.807, 2.05) is 27.7 Å². The summed E-state index contributed by atoms with van der Waals surface area (Å²) in [6.45, 7) is 8.11. The lowest BCUT2D eigenvalue weighted by molar-refractivity contribution is -0.190. The number of nitrogens with zero attached hydrogens (tertiary/aromatic N) is 1. The van der Waals surface area contributed by atoms with Crippen LogP contribution in [0.1, 0.15) is 34.6 Å². The zero-order valence-corrected chi connectivity index (χ0v) is 13.5. The summed E-state index contributed by atoms with van der Waals surface area (Å²) in [6.07, 6.45) is -5.57. The third-order valence-electron chi connectivity index (χ3n) is 4.10. The number of hydrogen-bond acceptors (Lipinski definition) is 4. The highest BCUT2D eigenvalue weighted by molar-refractivity contribution is 6.62. The van der Waals surface area contributed by atoms with Gasteiger partial charge in [-0.25, -0.2) is 9.37 Å². The van der Waals surface area contributed by atoms with Gasteiger partial charge >= 0.3 is 13.3 Å². The minimum absolute atomic E-state index is 0.271. The van der Waals surface area contributed by atoms with E-state index in [9.17, 15) is 17.6 Å². The smallest absolute Gasteiger partial charge is 0.463 e. The molecular weight excluding hydrogens is 317 g/mol. The second-order valence-corrected chi connectivity index (χ2v) is 6.45. The molecule has 0 spiro atoms. The molecule has 1 saturated heterocycles. The number of halogens is 4. The third-order valence-corrected chi connectivity index (χ3v) is 4.10. The van der Waals surface area contributed by atoms with Crippen LogP contribution in [-0.2, 0) is 9.31 Å². The first-order valence-electron chi connectivity index (χ1n) is 7.08. The molecule has 0 aromatic carbocycles. The molecule has 0 bridgehead atoms. The van der Waals surface area contributed by atoms with Crippen molar-refractivity contribution < 1.29 is 31.6 Å². The van der Waals surface area contributed by atoms with E-state index in [2.05, 4.69) is 9.72 Å². The average Bonchev–Trinajstić information content (AvgIpc) is 2.59. The van der Waals surface area contributed by atoms with Gasteiger partial charge in [0.25, 0.3) is 5.88 Å². The fraction of sp³-hybridized carbons (Fsp3) is 0.643. The Labute approximate surface area is 132 Å². The van der Waals surface area contributed by atoms with E-state index in [1.54, 1.807) is 0 Å². The summed E-state index contributed by atoms with van der Waals surface area (Å²) >= 11 is 0. The number of ether oxygens (including phenoxy) is 1. The van der Waals surface area contributed by atoms with E-state index in [0.717, 1.165) is 13.0 Å². The van der Waals surface area contributed by atoms with Crippen molar-refractivity contribution in [3.05, 3.63) is 18.1 Å². The molecule has 9 heteroatoms. The van der Waals surface area contributed by atoms with Gasteiger partial charge in [0.2, 0.25) is 0 Å². The summed E-state index contributed by atoms with van der Waals surface area (Å²) in [5, 5.41) is 0. The van der Waals surface area contributed by atoms with Gasteiger partial charge in [-0.15, -0.1) is 0 Å². The molecule has 23 heavy (non-hydrogen) atoms. The number of aromatic nitrogens is 1. The lowest BCUT2D eigenvalue weighted by atomic mass is 9.80. The van der Waals surface area contributed by atoms with Crippen LogP contribution in [0.5, 0.6) is 5.88 Å². The molecule has 1 fully saturated rings. The van der Waals surface area contributed by atoms with E-state index >= 15 is 0 Å². The molecule has 2 rings (SSSR count). The van der Waals surface area contributed by atoms with Crippen molar-refractivity contribution in [3.8, 4) is 5.88 Å². The van der Waals surface area contributed by atoms with Crippen LogP contribution in [0.3, 0.4) is 0 Å². The van der Waals surface area contributed by atoms with Crippen molar-refractivity contribution in [3.63, 3.8) is 0 Å². The maximum atomic E-state index is 14.0. The van der Waals surface area contributed by atoms with Crippen molar-refractivity contribution >= 4 is 12.6 Å². The summed E-state index contributed by atoms with van der Waals surface area (Å²) in [6, 6.07) is 1.01. The Balaban J connectivity index is 2.18. The Bertz CT molecular complexity index is 576. The lowest BCUT2D eigenvalue weighted by Crippen LogP contribution is -2.41. The first kappa shape index (κ1) is 18.0. The normalized spacial score (nSPS) is 21.3. The highest BCUT2D eigenvalue weighted by Crippen LogP contribution is 2.36. The maximum Gasteiger partial charge on any atom is 0.496 e. The Kier molecular flexibility index (Phi) is 4.40. The molecule has 1 aromatic rings. The highest BCUT2D eigenvalue weighted by atomic mass is 19.4. The SMILES string of the molecule is C[C@H](Oc1ncc(B2OC(C)(C)C(C)(C)O2)cc1F)C(F)(F)F. The Morgan fingerprint density at radius 1 is 1.17 bits per heavy atom. The minimum atomic E-state index is -4.60. The maximum absolute atomic E-state index is 14.0. The Morgan fingerprint density at radius 3 is 2.13 bits per heavy atom. The predicted octanol–water partition coefficient (Wildman–Crippen LogP) is 2.85. The molecule has 0 amide bonds. The highest BCUT2D eigenvalue weighted by Gasteiger charge is 2.52. The predicted molar refractivity (Wildman–Crippen MR) is 76.1 cm³/mol. The third kappa shape index (κ3) is 3.60. The quantitative estimate of drug-likeness (QED) is 0.629. The minimum Gasteiger partial charge on any atom is -0.463 e. The van der Waals surface area contributed by atoms with E-state index < -0.39 is 42.3 Å². The topological polar surface area (TPSA) is 40.6 Å². The van der Waals surface area contributed by atoms with Gasteiger partial charge in [-0.2, -0.15) is 13.2 Å². The molecule has 128 valence electrons. The number of rotatable bonds is 3. The van der Waals surface area contributed by atoms with Crippen LogP contribution < -0.4 is 10.2 Å². The Hall–Kier alpha value is -1.35. The van der Waals surface area contributed by atoms with E-state index in [4.69, 9.17) is 9.31 Å². The first-order valence-corrected chi connectivity index (χ1v) is 7.08. The van der Waals surface area contributed by atoms with Gasteiger partial charge in [-0.1, -0.05) is 0 Å². The molecule has 1 aliphatic heterocycles. The van der Waals surface area contributed by atoms with E-state index in [0.29, 0.717) is 0 Å². The molecule has 0 N–H and O–H groups in total. The molecule has 1 aliphatic rings. The molecular formula is C14H18BF4NO3. The molecule has 2 heterocycles. The van der Waals surface area contributed by atoms with E-state index in [-0.39, 0.29) is 5.46 Å². The van der Waals surface area contributed by atoms with Crippen LogP contribution in [0.15, 0.2) is 12.3 Å². The zero-order chi connectivity index (χ0) is 17.6. The summed E-state index contributed by atoms with van der Waals surface area (Å²) in [7, 11) is -0.851. The molecule has 1 aromatic heterocycles. The van der Waals surface area contributed by atoms with Gasteiger partial charge in [0, 0.05) is 11.7 Å². The zero-order valence-electron chi connectivity index (χ0n) is 13.5. The van der Waals surface area contributed by atoms with Gasteiger partial charge in [0.05, 0.1) is 11.2 Å². The van der Waals surface area contributed by atoms with Gasteiger partial charge in [0.15, 0.2) is 11.9 Å². The van der Waals surface area contributed by atoms with Crippen LogP contribution in [0.2, 0.25) is 0 Å². The standard InChI is InChI=1S/C14H18BF4NO3/c1-8(14(17,18)19)21-11-10(16)6-9(7-20-11)15-22-12(2,3)13(4,5)23-15/h6-8H,1-5H3/t8-/m0/s1. The van der Waals surface area contributed by atoms with Crippen LogP contribution in [0.4, 0.5) is 17.6 Å². The van der Waals surface area contributed by atoms with Crippen LogP contribution in [0, 0.1) is 5.82 Å². The fourth-order valence-electron chi connectivity index (χ4n) is 1.87. The molecule has 0 radical (unpaired) electrons. The molecule has 4 nitrogen and oxygen atoms in total. The first-order chi connectivity index (χ1) is 10.3. The van der Waals surface area contributed by atoms with Crippen molar-refractivity contribution in [2.24, 2.45) is 0 Å². The van der Waals surface area contributed by atoms with E-state index in [1.165, 1.54) is 6.20 Å². The monoisotopic (exact) mass is 335 g/mol. The second kappa shape index (κ2) is 5.63. The summed E-state index contributed by atoms with van der Waals surface area (Å²) in [5.74, 6) is -1.72. The number of hydrogen-bond donors (Lipinski definition) is 0. The summed E-state index contributed by atoms with van der Waals surface area (Å²) in [5.41, 5.74) is -0.962. The molecule has 0 saturated carbocycles. The van der Waals surface area contributed by atoms with Gasteiger partial charge in [-0.3, -0.25) is 0 Å². The average molecular weight is 335 g/mol. The van der Waals surface area contributed by atoms with Crippen molar-refractivity contribution in [2.45, 2.75) is 58.1 Å². The van der Waals surface area contributed by atoms with Crippen molar-refractivity contribution in [1.29, 1.82) is 0 Å². The van der Waals surface area contributed by atoms with Gasteiger partial charge in [-0.05, 0) is 40.7 Å². The molecule has 1 atom stereocenters. The molecule has 0 aliphatic carbocycles. The second-order valence-electron chi connectivity index (χ2n) is 6.45. The number of pyridine rings is 1. The summed E-state index contributed by atoms with van der Waals surface area (Å²) < 4.78 is 67.3. The van der Waals surface area contributed by atoms with Gasteiger partial charge < -0.3 is 14.0 Å². The molecule has 0 unspecified atom stereocenters. The number of alkyl halides is 3. The van der Waals surface area contributed by atoms with Gasteiger partial charge in [0.1, 0.15) is 0 Å².